The molecule has 1 aromatic carbocycles. The summed E-state index contributed by atoms with van der Waals surface area (Å²) in [6.07, 6.45) is 1.07. The molecule has 0 aromatic heterocycles. The number of nitrogens with two attached hydrogens (primary N) is 1. The van der Waals surface area contributed by atoms with Crippen LogP contribution in [0.4, 0.5) is 0 Å². The maximum atomic E-state index is 6.19. The Hall–Kier alpha value is -0.900. The van der Waals surface area contributed by atoms with Gasteiger partial charge in [0, 0.05) is 19.1 Å². The van der Waals surface area contributed by atoms with Crippen molar-refractivity contribution >= 4 is 0 Å². The van der Waals surface area contributed by atoms with Gasteiger partial charge in [-0.15, -0.1) is 0 Å². The summed E-state index contributed by atoms with van der Waals surface area (Å²) in [7, 11) is 2.19. The van der Waals surface area contributed by atoms with Crippen LogP contribution in [0.2, 0.25) is 0 Å². The van der Waals surface area contributed by atoms with E-state index in [1.807, 2.05) is 0 Å². The molecule has 1 aliphatic heterocycles. The fourth-order valence-corrected chi connectivity index (χ4v) is 3.40. The lowest BCUT2D eigenvalue weighted by molar-refractivity contribution is -0.0791. The summed E-state index contributed by atoms with van der Waals surface area (Å²) in [5, 5.41) is 0. The summed E-state index contributed by atoms with van der Waals surface area (Å²) in [5.74, 6) is 0. The lowest BCUT2D eigenvalue weighted by atomic mass is 9.93. The van der Waals surface area contributed by atoms with E-state index in [1.54, 1.807) is 0 Å². The third-order valence-electron chi connectivity index (χ3n) is 4.25. The predicted molar refractivity (Wildman–Crippen MR) is 83.4 cm³/mol. The zero-order chi connectivity index (χ0) is 15.0. The molecule has 0 amide bonds. The van der Waals surface area contributed by atoms with Crippen molar-refractivity contribution in [3.8, 4) is 0 Å². The molecule has 0 aliphatic carbocycles. The Morgan fingerprint density at radius 2 is 1.70 bits per heavy atom. The largest absolute Gasteiger partial charge is 0.368 e. The molecule has 1 fully saturated rings. The normalized spacial score (nSPS) is 24.2. The second-order valence-corrected chi connectivity index (χ2v) is 7.12. The smallest absolute Gasteiger partial charge is 0.0789 e. The molecule has 1 aromatic rings. The average Bonchev–Trinajstić information content (AvgIpc) is 2.58. The van der Waals surface area contributed by atoms with Gasteiger partial charge in [-0.2, -0.15) is 0 Å². The zero-order valence-corrected chi connectivity index (χ0v) is 13.4. The number of hydrogen-bond acceptors (Lipinski definition) is 3. The first-order chi connectivity index (χ1) is 9.23. The molecular weight excluding hydrogens is 248 g/mol. The Kier molecular flexibility index (Phi) is 4.24. The van der Waals surface area contributed by atoms with Crippen molar-refractivity contribution in [1.29, 1.82) is 0 Å². The highest BCUT2D eigenvalue weighted by molar-refractivity contribution is 5.22. The third-order valence-corrected chi connectivity index (χ3v) is 4.25. The minimum absolute atomic E-state index is 0.0359. The summed E-state index contributed by atoms with van der Waals surface area (Å²) < 4.78 is 6.19. The van der Waals surface area contributed by atoms with E-state index in [4.69, 9.17) is 10.5 Å². The predicted octanol–water partition coefficient (Wildman–Crippen LogP) is 2.92. The highest BCUT2D eigenvalue weighted by atomic mass is 16.5. The molecule has 0 spiro atoms. The Morgan fingerprint density at radius 1 is 1.15 bits per heavy atom. The van der Waals surface area contributed by atoms with Crippen molar-refractivity contribution in [1.82, 2.24) is 4.90 Å². The molecule has 0 saturated carbocycles. The lowest BCUT2D eigenvalue weighted by Crippen LogP contribution is -2.44. The quantitative estimate of drug-likeness (QED) is 0.919. The lowest BCUT2D eigenvalue weighted by Gasteiger charge is -2.33. The van der Waals surface area contributed by atoms with Crippen molar-refractivity contribution in [3.63, 3.8) is 0 Å². The Labute approximate surface area is 123 Å². The highest BCUT2D eigenvalue weighted by Gasteiger charge is 2.47. The highest BCUT2D eigenvalue weighted by Crippen LogP contribution is 2.40. The molecule has 112 valence electrons. The van der Waals surface area contributed by atoms with Crippen LogP contribution in [0.25, 0.3) is 0 Å². The van der Waals surface area contributed by atoms with Gasteiger partial charge in [0.25, 0.3) is 0 Å². The van der Waals surface area contributed by atoms with Crippen LogP contribution in [-0.2, 0) is 17.8 Å². The van der Waals surface area contributed by atoms with Gasteiger partial charge in [-0.1, -0.05) is 24.3 Å². The van der Waals surface area contributed by atoms with Crippen molar-refractivity contribution in [3.05, 3.63) is 35.4 Å². The van der Waals surface area contributed by atoms with Crippen molar-refractivity contribution < 1.29 is 4.74 Å². The van der Waals surface area contributed by atoms with Gasteiger partial charge in [0.15, 0.2) is 0 Å². The Morgan fingerprint density at radius 3 is 2.15 bits per heavy atom. The first-order valence-corrected chi connectivity index (χ1v) is 7.42. The van der Waals surface area contributed by atoms with Crippen LogP contribution in [-0.4, -0.2) is 29.2 Å². The molecule has 3 nitrogen and oxygen atoms in total. The molecule has 0 radical (unpaired) electrons. The van der Waals surface area contributed by atoms with Gasteiger partial charge >= 0.3 is 0 Å². The maximum absolute atomic E-state index is 6.19. The molecule has 2 rings (SSSR count). The topological polar surface area (TPSA) is 38.5 Å². The second-order valence-electron chi connectivity index (χ2n) is 7.12. The number of likely N-dealkylation sites (N-methyl/N-ethyl adjacent to an activating group) is 1. The zero-order valence-electron chi connectivity index (χ0n) is 13.4. The summed E-state index contributed by atoms with van der Waals surface area (Å²) in [6, 6.07) is 9.01. The number of hydrogen-bond donors (Lipinski definition) is 1. The van der Waals surface area contributed by atoms with E-state index in [2.05, 4.69) is 63.9 Å². The Bertz CT molecular complexity index is 451. The van der Waals surface area contributed by atoms with E-state index >= 15 is 0 Å². The fraction of sp³-hybridized carbons (Fsp3) is 0.647. The fourth-order valence-electron chi connectivity index (χ4n) is 3.40. The van der Waals surface area contributed by atoms with Crippen molar-refractivity contribution in [2.24, 2.45) is 5.73 Å². The summed E-state index contributed by atoms with van der Waals surface area (Å²) >= 11 is 0. The maximum Gasteiger partial charge on any atom is 0.0789 e. The molecule has 0 bridgehead atoms. The first-order valence-electron chi connectivity index (χ1n) is 7.42. The molecule has 3 heteroatoms. The van der Waals surface area contributed by atoms with Crippen LogP contribution in [0.3, 0.4) is 0 Å². The molecular formula is C17H28N2O. The van der Waals surface area contributed by atoms with Crippen LogP contribution < -0.4 is 5.73 Å². The van der Waals surface area contributed by atoms with Crippen LogP contribution in [0, 0.1) is 0 Å². The van der Waals surface area contributed by atoms with E-state index in [9.17, 15) is 0 Å². The molecule has 1 unspecified atom stereocenters. The Balaban J connectivity index is 2.05. The number of benzene rings is 1. The van der Waals surface area contributed by atoms with Gasteiger partial charge in [0.1, 0.15) is 0 Å². The van der Waals surface area contributed by atoms with Crippen molar-refractivity contribution in [2.45, 2.75) is 64.4 Å². The number of ether oxygens (including phenoxy) is 1. The van der Waals surface area contributed by atoms with Crippen LogP contribution in [0.1, 0.15) is 45.2 Å². The summed E-state index contributed by atoms with van der Waals surface area (Å²) in [4.78, 5) is 2.41. The minimum Gasteiger partial charge on any atom is -0.368 e. The monoisotopic (exact) mass is 276 g/mol. The van der Waals surface area contributed by atoms with E-state index in [0.717, 1.165) is 13.0 Å². The second kappa shape index (κ2) is 5.47. The molecule has 20 heavy (non-hydrogen) atoms. The van der Waals surface area contributed by atoms with Crippen molar-refractivity contribution in [2.75, 3.05) is 7.05 Å². The third kappa shape index (κ3) is 3.40. The van der Waals surface area contributed by atoms with Gasteiger partial charge in [0.2, 0.25) is 0 Å². The SMILES string of the molecule is CN(Cc1ccc(CN)cc1)C1CC(C)(C)OC1(C)C. The van der Waals surface area contributed by atoms with E-state index in [0.29, 0.717) is 12.6 Å². The minimum atomic E-state index is -0.102. The number of rotatable bonds is 4. The van der Waals surface area contributed by atoms with E-state index in [-0.39, 0.29) is 11.2 Å². The molecule has 2 N–H and O–H groups in total. The van der Waals surface area contributed by atoms with Gasteiger partial charge in [-0.25, -0.2) is 0 Å². The molecule has 1 atom stereocenters. The van der Waals surface area contributed by atoms with Crippen LogP contribution >= 0.6 is 0 Å². The van der Waals surface area contributed by atoms with Crippen LogP contribution in [0.15, 0.2) is 24.3 Å². The standard InChI is InChI=1S/C17H28N2O/c1-16(2)10-15(17(3,4)20-16)19(5)12-14-8-6-13(11-18)7-9-14/h6-9,15H,10-12,18H2,1-5H3. The summed E-state index contributed by atoms with van der Waals surface area (Å²) in [5.41, 5.74) is 8.01. The van der Waals surface area contributed by atoms with E-state index in [1.165, 1.54) is 11.1 Å². The van der Waals surface area contributed by atoms with Crippen LogP contribution in [0.5, 0.6) is 0 Å². The van der Waals surface area contributed by atoms with Gasteiger partial charge in [-0.3, -0.25) is 4.90 Å². The van der Waals surface area contributed by atoms with E-state index < -0.39 is 0 Å². The number of nitrogens with zero attached hydrogens (tertiary/aromatic N) is 1. The van der Waals surface area contributed by atoms with Gasteiger partial charge in [-0.05, 0) is 52.3 Å². The summed E-state index contributed by atoms with van der Waals surface area (Å²) in [6.45, 7) is 10.3. The van der Waals surface area contributed by atoms with Gasteiger partial charge in [0.05, 0.1) is 11.2 Å². The first kappa shape index (κ1) is 15.5. The molecule has 1 heterocycles. The molecule has 1 aliphatic rings. The average molecular weight is 276 g/mol. The molecule has 1 saturated heterocycles. The van der Waals surface area contributed by atoms with Gasteiger partial charge < -0.3 is 10.5 Å².